The molecule has 1 saturated carbocycles. The van der Waals surface area contributed by atoms with Crippen molar-refractivity contribution >= 4 is 21.9 Å². The minimum Gasteiger partial charge on any atom is -0.456 e. The molecule has 43 heavy (non-hydrogen) atoms. The summed E-state index contributed by atoms with van der Waals surface area (Å²) in [4.78, 5) is 14.9. The molecule has 4 heteroatoms. The normalized spacial score (nSPS) is 15.2. The number of fused-ring (bicyclic) bond motifs is 8. The monoisotopic (exact) mass is 555 g/mol. The lowest BCUT2D eigenvalue weighted by atomic mass is 9.67. The molecule has 7 aromatic rings. The lowest BCUT2D eigenvalue weighted by molar-refractivity contribution is 0.353. The van der Waals surface area contributed by atoms with Crippen molar-refractivity contribution in [2.45, 2.75) is 37.5 Å². The van der Waals surface area contributed by atoms with Gasteiger partial charge in [0.1, 0.15) is 11.2 Å². The molecule has 1 fully saturated rings. The van der Waals surface area contributed by atoms with Crippen LogP contribution in [0.4, 0.5) is 0 Å². The van der Waals surface area contributed by atoms with Crippen LogP contribution in [0.2, 0.25) is 0 Å². The van der Waals surface area contributed by atoms with Gasteiger partial charge in [-0.2, -0.15) is 0 Å². The number of hydrogen-bond donors (Lipinski definition) is 0. The van der Waals surface area contributed by atoms with Gasteiger partial charge in [-0.05, 0) is 59.4 Å². The van der Waals surface area contributed by atoms with Gasteiger partial charge in [-0.15, -0.1) is 0 Å². The molecule has 0 amide bonds. The van der Waals surface area contributed by atoms with E-state index in [1.54, 1.807) is 0 Å². The van der Waals surface area contributed by atoms with Gasteiger partial charge in [0.05, 0.1) is 0 Å². The highest BCUT2D eigenvalue weighted by atomic mass is 16.3. The van der Waals surface area contributed by atoms with E-state index in [2.05, 4.69) is 72.8 Å². The number of benzene rings is 5. The highest BCUT2D eigenvalue weighted by Gasteiger charge is 2.44. The predicted molar refractivity (Wildman–Crippen MR) is 173 cm³/mol. The Kier molecular flexibility index (Phi) is 5.39. The highest BCUT2D eigenvalue weighted by molar-refractivity contribution is 6.07. The quantitative estimate of drug-likeness (QED) is 0.218. The first-order valence-electron chi connectivity index (χ1n) is 15.2. The molecule has 0 bridgehead atoms. The maximum Gasteiger partial charge on any atom is 0.164 e. The van der Waals surface area contributed by atoms with Crippen LogP contribution >= 0.6 is 0 Å². The van der Waals surface area contributed by atoms with Crippen molar-refractivity contribution in [3.8, 4) is 45.3 Å². The SMILES string of the molecule is c1ccc(-c2nc(-c3ccccc3)nc(-c3ccc4c(c3)-c3cc5oc6ccccc6c5cc3C43CCCCC3)n2)cc1. The molecule has 4 nitrogen and oxygen atoms in total. The van der Waals surface area contributed by atoms with Crippen molar-refractivity contribution in [1.29, 1.82) is 0 Å². The summed E-state index contributed by atoms with van der Waals surface area (Å²) in [5.74, 6) is 2.04. The standard InChI is InChI=1S/C39H29N3O/c1-4-12-25(13-5-1)36-40-37(26-14-6-2-7-15-26)42-38(41-36)27-18-19-32-29(22-27)30-24-35-31(28-16-8-9-17-34(28)43-35)23-33(30)39(32)20-10-3-11-21-39/h1-2,4-9,12-19,22-24H,3,10-11,20-21H2. The van der Waals surface area contributed by atoms with Gasteiger partial charge in [-0.1, -0.05) is 110 Å². The zero-order valence-electron chi connectivity index (χ0n) is 23.8. The van der Waals surface area contributed by atoms with E-state index in [0.717, 1.165) is 27.9 Å². The molecule has 206 valence electrons. The predicted octanol–water partition coefficient (Wildman–Crippen LogP) is 10.0. The molecule has 5 aromatic carbocycles. The van der Waals surface area contributed by atoms with Crippen LogP contribution in [-0.2, 0) is 5.41 Å². The number of hydrogen-bond acceptors (Lipinski definition) is 4. The second-order valence-corrected chi connectivity index (χ2v) is 11.9. The van der Waals surface area contributed by atoms with E-state index in [-0.39, 0.29) is 5.41 Å². The molecule has 1 spiro atoms. The fourth-order valence-electron chi connectivity index (χ4n) is 7.49. The number of aromatic nitrogens is 3. The maximum absolute atomic E-state index is 6.38. The van der Waals surface area contributed by atoms with E-state index in [9.17, 15) is 0 Å². The molecule has 2 aliphatic rings. The highest BCUT2D eigenvalue weighted by Crippen LogP contribution is 2.57. The fraction of sp³-hybridized carbons (Fsp3) is 0.154. The first kappa shape index (κ1) is 24.5. The Labute approximate surface area is 250 Å². The molecule has 9 rings (SSSR count). The van der Waals surface area contributed by atoms with Crippen LogP contribution in [0.25, 0.3) is 67.2 Å². The minimum absolute atomic E-state index is 0.0392. The number of nitrogens with zero attached hydrogens (tertiary/aromatic N) is 3. The number of furan rings is 1. The van der Waals surface area contributed by atoms with E-state index in [1.165, 1.54) is 65.1 Å². The van der Waals surface area contributed by atoms with E-state index < -0.39 is 0 Å². The summed E-state index contributed by atoms with van der Waals surface area (Å²) in [6.07, 6.45) is 6.15. The van der Waals surface area contributed by atoms with Crippen molar-refractivity contribution in [2.75, 3.05) is 0 Å². The van der Waals surface area contributed by atoms with Crippen LogP contribution in [0.15, 0.2) is 120 Å². The third kappa shape index (κ3) is 3.79. The third-order valence-electron chi connectivity index (χ3n) is 9.52. The van der Waals surface area contributed by atoms with Crippen LogP contribution in [0.5, 0.6) is 0 Å². The van der Waals surface area contributed by atoms with Gasteiger partial charge < -0.3 is 4.42 Å². The molecular formula is C39H29N3O. The van der Waals surface area contributed by atoms with Crippen molar-refractivity contribution in [2.24, 2.45) is 0 Å². The Morgan fingerprint density at radius 1 is 0.465 bits per heavy atom. The Bertz CT molecular complexity index is 2100. The summed E-state index contributed by atoms with van der Waals surface area (Å²) in [5.41, 5.74) is 10.3. The molecule has 0 saturated heterocycles. The van der Waals surface area contributed by atoms with Gasteiger partial charge in [-0.3, -0.25) is 0 Å². The molecule has 0 unspecified atom stereocenters. The zero-order valence-corrected chi connectivity index (χ0v) is 23.8. The molecule has 0 radical (unpaired) electrons. The second-order valence-electron chi connectivity index (χ2n) is 11.9. The van der Waals surface area contributed by atoms with Gasteiger partial charge in [0.2, 0.25) is 0 Å². The van der Waals surface area contributed by atoms with Crippen molar-refractivity contribution in [1.82, 2.24) is 15.0 Å². The molecule has 2 aromatic heterocycles. The van der Waals surface area contributed by atoms with Gasteiger partial charge in [0, 0.05) is 32.9 Å². The lowest BCUT2D eigenvalue weighted by Gasteiger charge is -2.36. The lowest BCUT2D eigenvalue weighted by Crippen LogP contribution is -2.28. The van der Waals surface area contributed by atoms with Gasteiger partial charge >= 0.3 is 0 Å². The van der Waals surface area contributed by atoms with E-state index in [0.29, 0.717) is 17.5 Å². The third-order valence-corrected chi connectivity index (χ3v) is 9.52. The summed E-state index contributed by atoms with van der Waals surface area (Å²) in [6, 6.07) is 40.3. The Morgan fingerprint density at radius 2 is 1.07 bits per heavy atom. The largest absolute Gasteiger partial charge is 0.456 e. The Morgan fingerprint density at radius 3 is 1.77 bits per heavy atom. The summed E-state index contributed by atoms with van der Waals surface area (Å²) in [7, 11) is 0. The average molecular weight is 556 g/mol. The van der Waals surface area contributed by atoms with Crippen LogP contribution < -0.4 is 0 Å². The summed E-state index contributed by atoms with van der Waals surface area (Å²) < 4.78 is 6.38. The van der Waals surface area contributed by atoms with E-state index >= 15 is 0 Å². The van der Waals surface area contributed by atoms with Crippen LogP contribution in [0.1, 0.15) is 43.2 Å². The molecule has 2 heterocycles. The molecular weight excluding hydrogens is 526 g/mol. The van der Waals surface area contributed by atoms with Gasteiger partial charge in [-0.25, -0.2) is 15.0 Å². The smallest absolute Gasteiger partial charge is 0.164 e. The maximum atomic E-state index is 6.38. The van der Waals surface area contributed by atoms with Crippen LogP contribution in [0.3, 0.4) is 0 Å². The molecule has 0 aliphatic heterocycles. The fourth-order valence-corrected chi connectivity index (χ4v) is 7.49. The zero-order chi connectivity index (χ0) is 28.4. The van der Waals surface area contributed by atoms with Gasteiger partial charge in [0.25, 0.3) is 0 Å². The summed E-state index contributed by atoms with van der Waals surface area (Å²) in [5, 5.41) is 2.40. The summed E-state index contributed by atoms with van der Waals surface area (Å²) in [6.45, 7) is 0. The number of para-hydroxylation sites is 1. The van der Waals surface area contributed by atoms with Crippen LogP contribution in [-0.4, -0.2) is 15.0 Å². The van der Waals surface area contributed by atoms with E-state index in [1.807, 2.05) is 42.5 Å². The minimum atomic E-state index is 0.0392. The van der Waals surface area contributed by atoms with Gasteiger partial charge in [0.15, 0.2) is 17.5 Å². The second kappa shape index (κ2) is 9.47. The Balaban J connectivity index is 1.26. The topological polar surface area (TPSA) is 51.8 Å². The molecule has 0 N–H and O–H groups in total. The van der Waals surface area contributed by atoms with Crippen molar-refractivity contribution in [3.05, 3.63) is 126 Å². The molecule has 2 aliphatic carbocycles. The first-order chi connectivity index (χ1) is 21.3. The first-order valence-corrected chi connectivity index (χ1v) is 15.2. The van der Waals surface area contributed by atoms with Crippen molar-refractivity contribution < 1.29 is 4.42 Å². The Hall–Kier alpha value is -5.09. The molecule has 0 atom stereocenters. The number of rotatable bonds is 3. The van der Waals surface area contributed by atoms with E-state index in [4.69, 9.17) is 19.4 Å². The van der Waals surface area contributed by atoms with Crippen molar-refractivity contribution in [3.63, 3.8) is 0 Å². The average Bonchev–Trinajstić information content (AvgIpc) is 3.57. The van der Waals surface area contributed by atoms with Crippen LogP contribution in [0, 0.1) is 0 Å². The summed E-state index contributed by atoms with van der Waals surface area (Å²) >= 11 is 0.